The molecular formula is C17H24N4O3. The van der Waals surface area contributed by atoms with Crippen LogP contribution in [-0.4, -0.2) is 38.1 Å². The molecule has 0 aliphatic heterocycles. The minimum absolute atomic E-state index is 0.0791. The number of carboxylic acid groups (broad SMARTS) is 1. The summed E-state index contributed by atoms with van der Waals surface area (Å²) in [6.45, 7) is 9.23. The van der Waals surface area contributed by atoms with Crippen LogP contribution in [0.3, 0.4) is 0 Å². The first-order valence-corrected chi connectivity index (χ1v) is 8.11. The summed E-state index contributed by atoms with van der Waals surface area (Å²) in [7, 11) is 0. The molecule has 0 aliphatic rings. The Bertz CT molecular complexity index is 791. The third-order valence-corrected chi connectivity index (χ3v) is 4.69. The zero-order chi connectivity index (χ0) is 18.1. The number of carbonyl (C=O) groups is 2. The molecular weight excluding hydrogens is 308 g/mol. The molecule has 0 saturated carbocycles. The molecule has 1 amide bonds. The maximum absolute atomic E-state index is 12.7. The van der Waals surface area contributed by atoms with Gasteiger partial charge < -0.3 is 10.4 Å². The number of nitrogens with zero attached hydrogens (tertiary/aromatic N) is 3. The lowest BCUT2D eigenvalue weighted by molar-refractivity contribution is -0.149. The van der Waals surface area contributed by atoms with Gasteiger partial charge in [0.15, 0.2) is 5.65 Å². The molecule has 0 aromatic carbocycles. The van der Waals surface area contributed by atoms with Crippen LogP contribution in [0.2, 0.25) is 0 Å². The van der Waals surface area contributed by atoms with Crippen molar-refractivity contribution in [1.82, 2.24) is 19.9 Å². The molecule has 2 aromatic heterocycles. The molecule has 2 N–H and O–H groups in total. The van der Waals surface area contributed by atoms with Crippen LogP contribution < -0.4 is 5.32 Å². The second kappa shape index (κ2) is 6.59. The molecule has 24 heavy (non-hydrogen) atoms. The first kappa shape index (κ1) is 17.9. The fourth-order valence-corrected chi connectivity index (χ4v) is 2.91. The molecule has 0 unspecified atom stereocenters. The molecule has 130 valence electrons. The number of aromatic nitrogens is 3. The monoisotopic (exact) mass is 332 g/mol. The Balaban J connectivity index is 2.36. The highest BCUT2D eigenvalue weighted by atomic mass is 16.4. The van der Waals surface area contributed by atoms with Crippen molar-refractivity contribution in [2.24, 2.45) is 5.41 Å². The van der Waals surface area contributed by atoms with Gasteiger partial charge in [0.25, 0.3) is 5.91 Å². The van der Waals surface area contributed by atoms with E-state index in [-0.39, 0.29) is 12.5 Å². The number of hydrogen-bond acceptors (Lipinski definition) is 4. The highest BCUT2D eigenvalue weighted by molar-refractivity contribution is 6.01. The van der Waals surface area contributed by atoms with Gasteiger partial charge in [-0.3, -0.25) is 9.59 Å². The third kappa shape index (κ3) is 2.98. The SMILES string of the molecule is CCC(CC)(CNC(=O)c1c(C)nn2c(C)cc(C)nc12)C(=O)O. The number of aryl methyl sites for hydroxylation is 3. The summed E-state index contributed by atoms with van der Waals surface area (Å²) >= 11 is 0. The van der Waals surface area contributed by atoms with Gasteiger partial charge >= 0.3 is 5.97 Å². The lowest BCUT2D eigenvalue weighted by Gasteiger charge is -2.26. The summed E-state index contributed by atoms with van der Waals surface area (Å²) in [4.78, 5) is 28.7. The van der Waals surface area contributed by atoms with Gasteiger partial charge in [-0.1, -0.05) is 13.8 Å². The predicted molar refractivity (Wildman–Crippen MR) is 90.2 cm³/mol. The zero-order valence-electron chi connectivity index (χ0n) is 14.8. The highest BCUT2D eigenvalue weighted by Crippen LogP contribution is 2.26. The van der Waals surface area contributed by atoms with E-state index in [1.165, 1.54) is 0 Å². The predicted octanol–water partition coefficient (Wildman–Crippen LogP) is 2.28. The van der Waals surface area contributed by atoms with Crippen LogP contribution in [0.5, 0.6) is 0 Å². The van der Waals surface area contributed by atoms with Crippen LogP contribution >= 0.6 is 0 Å². The number of hydrogen-bond donors (Lipinski definition) is 2. The summed E-state index contributed by atoms with van der Waals surface area (Å²) in [5.74, 6) is -1.23. The van der Waals surface area contributed by atoms with Crippen LogP contribution in [-0.2, 0) is 4.79 Å². The number of rotatable bonds is 6. The second-order valence-electron chi connectivity index (χ2n) is 6.21. The number of carbonyl (C=O) groups excluding carboxylic acids is 1. The molecule has 0 saturated heterocycles. The first-order valence-electron chi connectivity index (χ1n) is 8.11. The summed E-state index contributed by atoms with van der Waals surface area (Å²) in [5.41, 5.74) is 2.20. The molecule has 0 bridgehead atoms. The highest BCUT2D eigenvalue weighted by Gasteiger charge is 2.35. The van der Waals surface area contributed by atoms with Crippen molar-refractivity contribution in [2.75, 3.05) is 6.54 Å². The Morgan fingerprint density at radius 3 is 2.42 bits per heavy atom. The largest absolute Gasteiger partial charge is 0.481 e. The minimum Gasteiger partial charge on any atom is -0.481 e. The van der Waals surface area contributed by atoms with Crippen molar-refractivity contribution in [3.05, 3.63) is 28.7 Å². The van der Waals surface area contributed by atoms with E-state index in [0.29, 0.717) is 29.7 Å². The number of fused-ring (bicyclic) bond motifs is 1. The number of carboxylic acids is 1. The van der Waals surface area contributed by atoms with Crippen molar-refractivity contribution >= 4 is 17.5 Å². The van der Waals surface area contributed by atoms with Crippen molar-refractivity contribution in [1.29, 1.82) is 0 Å². The van der Waals surface area contributed by atoms with E-state index in [0.717, 1.165) is 11.4 Å². The topological polar surface area (TPSA) is 96.6 Å². The lowest BCUT2D eigenvalue weighted by Crippen LogP contribution is -2.42. The summed E-state index contributed by atoms with van der Waals surface area (Å²) in [6, 6.07) is 1.89. The van der Waals surface area contributed by atoms with Gasteiger partial charge in [-0.25, -0.2) is 9.50 Å². The normalized spacial score (nSPS) is 11.7. The Morgan fingerprint density at radius 1 is 1.25 bits per heavy atom. The Hall–Kier alpha value is -2.44. The van der Waals surface area contributed by atoms with Crippen molar-refractivity contribution < 1.29 is 14.7 Å². The van der Waals surface area contributed by atoms with E-state index in [1.807, 2.05) is 33.8 Å². The number of nitrogens with one attached hydrogen (secondary N) is 1. The van der Waals surface area contributed by atoms with E-state index in [1.54, 1.807) is 11.4 Å². The molecule has 0 fully saturated rings. The minimum atomic E-state index is -0.953. The van der Waals surface area contributed by atoms with Crippen LogP contribution in [0.25, 0.3) is 5.65 Å². The molecule has 0 radical (unpaired) electrons. The Morgan fingerprint density at radius 2 is 1.88 bits per heavy atom. The standard InChI is InChI=1S/C17H24N4O3/c1-6-17(7-2,16(23)24)9-18-15(22)13-12(5)20-21-11(4)8-10(3)19-14(13)21/h8H,6-7,9H2,1-5H3,(H,18,22)(H,23,24). The molecule has 0 spiro atoms. The molecule has 0 atom stereocenters. The summed E-state index contributed by atoms with van der Waals surface area (Å²) in [5, 5.41) is 16.6. The molecule has 2 rings (SSSR count). The zero-order valence-corrected chi connectivity index (χ0v) is 14.8. The molecule has 2 heterocycles. The summed E-state index contributed by atoms with van der Waals surface area (Å²) in [6.07, 6.45) is 0.895. The van der Waals surface area contributed by atoms with Gasteiger partial charge in [-0.15, -0.1) is 0 Å². The lowest BCUT2D eigenvalue weighted by atomic mass is 9.82. The number of aliphatic carboxylic acids is 1. The fourth-order valence-electron chi connectivity index (χ4n) is 2.91. The van der Waals surface area contributed by atoms with E-state index in [4.69, 9.17) is 0 Å². The van der Waals surface area contributed by atoms with Crippen LogP contribution in [0.1, 0.15) is 54.1 Å². The van der Waals surface area contributed by atoms with Crippen LogP contribution in [0, 0.1) is 26.2 Å². The van der Waals surface area contributed by atoms with Gasteiger partial charge in [0, 0.05) is 17.9 Å². The Kier molecular flexibility index (Phi) is 4.91. The van der Waals surface area contributed by atoms with E-state index < -0.39 is 11.4 Å². The van der Waals surface area contributed by atoms with Crippen LogP contribution in [0.15, 0.2) is 6.07 Å². The van der Waals surface area contributed by atoms with Gasteiger partial charge in [-0.2, -0.15) is 5.10 Å². The van der Waals surface area contributed by atoms with Crippen molar-refractivity contribution in [2.45, 2.75) is 47.5 Å². The Labute approximate surface area is 141 Å². The average Bonchev–Trinajstić information content (AvgIpc) is 2.84. The van der Waals surface area contributed by atoms with Crippen molar-refractivity contribution in [3.8, 4) is 0 Å². The maximum atomic E-state index is 12.7. The fraction of sp³-hybridized carbons (Fsp3) is 0.529. The third-order valence-electron chi connectivity index (χ3n) is 4.69. The van der Waals surface area contributed by atoms with E-state index in [2.05, 4.69) is 15.4 Å². The van der Waals surface area contributed by atoms with E-state index in [9.17, 15) is 14.7 Å². The first-order chi connectivity index (χ1) is 11.3. The van der Waals surface area contributed by atoms with Gasteiger partial charge in [0.05, 0.1) is 11.1 Å². The molecule has 0 aliphatic carbocycles. The quantitative estimate of drug-likeness (QED) is 0.846. The van der Waals surface area contributed by atoms with Gasteiger partial charge in [-0.05, 0) is 39.7 Å². The van der Waals surface area contributed by atoms with Gasteiger partial charge in [0.2, 0.25) is 0 Å². The van der Waals surface area contributed by atoms with Gasteiger partial charge in [0.1, 0.15) is 5.56 Å². The maximum Gasteiger partial charge on any atom is 0.311 e. The molecule has 7 heteroatoms. The van der Waals surface area contributed by atoms with E-state index >= 15 is 0 Å². The molecule has 7 nitrogen and oxygen atoms in total. The second-order valence-corrected chi connectivity index (χ2v) is 6.21. The smallest absolute Gasteiger partial charge is 0.311 e. The molecule has 2 aromatic rings. The van der Waals surface area contributed by atoms with Crippen molar-refractivity contribution in [3.63, 3.8) is 0 Å². The van der Waals surface area contributed by atoms with Crippen LogP contribution in [0.4, 0.5) is 0 Å². The average molecular weight is 332 g/mol. The number of amides is 1. The summed E-state index contributed by atoms with van der Waals surface area (Å²) < 4.78 is 1.64.